The van der Waals surface area contributed by atoms with E-state index in [4.69, 9.17) is 5.73 Å². The number of allylic oxidation sites excluding steroid dienone is 2. The Morgan fingerprint density at radius 2 is 2.08 bits per heavy atom. The van der Waals surface area contributed by atoms with Crippen molar-refractivity contribution in [2.45, 2.75) is 32.4 Å². The lowest BCUT2D eigenvalue weighted by atomic mass is 10.1. The van der Waals surface area contributed by atoms with Crippen LogP contribution >= 0.6 is 15.9 Å². The van der Waals surface area contributed by atoms with E-state index in [9.17, 15) is 9.59 Å². The third-order valence-corrected chi connectivity index (χ3v) is 4.95. The highest BCUT2D eigenvalue weighted by molar-refractivity contribution is 9.11. The number of hydrogen-bond donors (Lipinski definition) is 1. The van der Waals surface area contributed by atoms with Gasteiger partial charge in [0.05, 0.1) is 0 Å². The van der Waals surface area contributed by atoms with Crippen LogP contribution in [0.1, 0.15) is 19.8 Å². The molecule has 25 heavy (non-hydrogen) atoms. The van der Waals surface area contributed by atoms with E-state index in [0.29, 0.717) is 30.2 Å². The van der Waals surface area contributed by atoms with Crippen molar-refractivity contribution in [2.75, 3.05) is 18.0 Å². The smallest absolute Gasteiger partial charge is 0.332 e. The van der Waals surface area contributed by atoms with Crippen LogP contribution in [0.4, 0.5) is 5.95 Å². The Hall–Kier alpha value is -1.87. The molecule has 2 N–H and O–H groups in total. The van der Waals surface area contributed by atoms with Crippen molar-refractivity contribution in [1.29, 1.82) is 0 Å². The lowest BCUT2D eigenvalue weighted by Gasteiger charge is -2.31. The molecule has 1 unspecified atom stereocenters. The molecule has 0 saturated carbocycles. The highest BCUT2D eigenvalue weighted by Crippen LogP contribution is 2.23. The average molecular weight is 411 g/mol. The molecule has 0 amide bonds. The summed E-state index contributed by atoms with van der Waals surface area (Å²) in [4.78, 5) is 31.7. The van der Waals surface area contributed by atoms with Gasteiger partial charge < -0.3 is 15.2 Å². The molecule has 8 nitrogen and oxygen atoms in total. The normalized spacial score (nSPS) is 19.0. The van der Waals surface area contributed by atoms with E-state index < -0.39 is 0 Å². The van der Waals surface area contributed by atoms with E-state index in [1.807, 2.05) is 17.6 Å². The minimum absolute atomic E-state index is 0.0853. The zero-order valence-corrected chi connectivity index (χ0v) is 16.3. The third kappa shape index (κ3) is 3.18. The molecule has 3 heterocycles. The van der Waals surface area contributed by atoms with Crippen LogP contribution in [0.2, 0.25) is 0 Å². The van der Waals surface area contributed by atoms with Crippen molar-refractivity contribution < 1.29 is 0 Å². The molecule has 1 fully saturated rings. The number of nitrogens with two attached hydrogens (primary N) is 1. The molecular formula is C16H23BrN6O2. The number of hydrogen-bond acceptors (Lipinski definition) is 5. The van der Waals surface area contributed by atoms with Gasteiger partial charge in [-0.15, -0.1) is 0 Å². The molecule has 1 atom stereocenters. The van der Waals surface area contributed by atoms with Crippen molar-refractivity contribution in [1.82, 2.24) is 18.7 Å². The van der Waals surface area contributed by atoms with Crippen LogP contribution in [0, 0.1) is 0 Å². The predicted octanol–water partition coefficient (Wildman–Crippen LogP) is 0.660. The summed E-state index contributed by atoms with van der Waals surface area (Å²) in [5.41, 5.74) is 6.24. The lowest BCUT2D eigenvalue weighted by Crippen LogP contribution is -2.44. The molecule has 1 saturated heterocycles. The molecule has 0 bridgehead atoms. The molecule has 136 valence electrons. The van der Waals surface area contributed by atoms with Gasteiger partial charge in [-0.1, -0.05) is 22.0 Å². The fourth-order valence-corrected chi connectivity index (χ4v) is 3.40. The quantitative estimate of drug-likeness (QED) is 0.802. The summed E-state index contributed by atoms with van der Waals surface area (Å²) < 4.78 is 5.39. The van der Waals surface area contributed by atoms with Crippen molar-refractivity contribution in [3.63, 3.8) is 0 Å². The van der Waals surface area contributed by atoms with Crippen molar-refractivity contribution in [2.24, 2.45) is 19.8 Å². The van der Waals surface area contributed by atoms with E-state index in [0.717, 1.165) is 28.4 Å². The predicted molar refractivity (Wildman–Crippen MR) is 102 cm³/mol. The molecule has 0 spiro atoms. The number of imidazole rings is 1. The second kappa shape index (κ2) is 6.80. The maximum Gasteiger partial charge on any atom is 0.332 e. The second-order valence-electron chi connectivity index (χ2n) is 6.54. The Morgan fingerprint density at radius 1 is 1.36 bits per heavy atom. The molecule has 3 rings (SSSR count). The summed E-state index contributed by atoms with van der Waals surface area (Å²) in [5.74, 6) is 0.688. The van der Waals surface area contributed by atoms with Gasteiger partial charge in [0.1, 0.15) is 0 Å². The molecular weight excluding hydrogens is 388 g/mol. The highest BCUT2D eigenvalue weighted by atomic mass is 79.9. The van der Waals surface area contributed by atoms with E-state index in [-0.39, 0.29) is 17.3 Å². The second-order valence-corrected chi connectivity index (χ2v) is 7.79. The Bertz CT molecular complexity index is 950. The number of fused-ring (bicyclic) bond motifs is 1. The van der Waals surface area contributed by atoms with Gasteiger partial charge in [-0.3, -0.25) is 13.9 Å². The highest BCUT2D eigenvalue weighted by Gasteiger charge is 2.25. The molecule has 9 heteroatoms. The summed E-state index contributed by atoms with van der Waals surface area (Å²) in [5, 5.41) is 0. The Balaban J connectivity index is 2.28. The van der Waals surface area contributed by atoms with Gasteiger partial charge in [0.2, 0.25) is 5.95 Å². The van der Waals surface area contributed by atoms with Crippen LogP contribution in [-0.2, 0) is 20.6 Å². The van der Waals surface area contributed by atoms with Gasteiger partial charge in [-0.05, 0) is 24.2 Å². The maximum absolute atomic E-state index is 12.7. The first-order chi connectivity index (χ1) is 11.8. The minimum atomic E-state index is -0.378. The van der Waals surface area contributed by atoms with Crippen LogP contribution in [0.5, 0.6) is 0 Å². The summed E-state index contributed by atoms with van der Waals surface area (Å²) in [6, 6.07) is 0.0853. The first-order valence-electron chi connectivity index (χ1n) is 8.30. The summed E-state index contributed by atoms with van der Waals surface area (Å²) in [7, 11) is 3.13. The van der Waals surface area contributed by atoms with Crippen molar-refractivity contribution in [3.05, 3.63) is 31.4 Å². The standard InChI is InChI=1S/C16H23BrN6O2/c1-10(17)6-8-23-12-13(20(2)16(25)21(3)14(12)24)19-15(23)22-7-4-5-11(18)9-22/h6,11H,4-5,7-9,18H2,1-3H3/b10-6-. The molecule has 1 aliphatic rings. The van der Waals surface area contributed by atoms with E-state index in [1.54, 1.807) is 7.05 Å². The Morgan fingerprint density at radius 3 is 2.72 bits per heavy atom. The maximum atomic E-state index is 12.7. The summed E-state index contributed by atoms with van der Waals surface area (Å²) in [6.45, 7) is 3.95. The van der Waals surface area contributed by atoms with Crippen LogP contribution < -0.4 is 21.9 Å². The molecule has 0 aromatic carbocycles. The van der Waals surface area contributed by atoms with Crippen LogP contribution in [0.25, 0.3) is 11.2 Å². The van der Waals surface area contributed by atoms with Crippen LogP contribution in [0.3, 0.4) is 0 Å². The molecule has 0 radical (unpaired) electrons. The number of rotatable bonds is 3. The van der Waals surface area contributed by atoms with Crippen molar-refractivity contribution in [3.8, 4) is 0 Å². The topological polar surface area (TPSA) is 91.1 Å². The van der Waals surface area contributed by atoms with Crippen LogP contribution in [-0.4, -0.2) is 37.8 Å². The van der Waals surface area contributed by atoms with E-state index >= 15 is 0 Å². The fraction of sp³-hybridized carbons (Fsp3) is 0.562. The molecule has 1 aliphatic heterocycles. The average Bonchev–Trinajstić information content (AvgIpc) is 2.96. The number of nitrogens with zero attached hydrogens (tertiary/aromatic N) is 5. The molecule has 2 aromatic rings. The first-order valence-corrected chi connectivity index (χ1v) is 9.09. The Kier molecular flexibility index (Phi) is 4.88. The zero-order chi connectivity index (χ0) is 18.3. The fourth-order valence-electron chi connectivity index (χ4n) is 3.26. The number of anilines is 1. The number of aromatic nitrogens is 4. The van der Waals surface area contributed by atoms with Gasteiger partial charge in [-0.2, -0.15) is 4.98 Å². The van der Waals surface area contributed by atoms with Gasteiger partial charge in [0.25, 0.3) is 5.56 Å². The molecule has 0 aliphatic carbocycles. The van der Waals surface area contributed by atoms with Gasteiger partial charge in [0.15, 0.2) is 11.2 Å². The van der Waals surface area contributed by atoms with E-state index in [1.165, 1.54) is 11.6 Å². The minimum Gasteiger partial charge on any atom is -0.341 e. The lowest BCUT2D eigenvalue weighted by molar-refractivity contribution is 0.495. The van der Waals surface area contributed by atoms with E-state index in [2.05, 4.69) is 25.8 Å². The third-order valence-electron chi connectivity index (χ3n) is 4.62. The SMILES string of the molecule is C/C(Br)=C/Cn1c(N2CCCC(N)C2)nc2c1c(=O)n(C)c(=O)n2C. The van der Waals surface area contributed by atoms with Crippen LogP contribution in [0.15, 0.2) is 20.1 Å². The van der Waals surface area contributed by atoms with Crippen molar-refractivity contribution >= 4 is 33.0 Å². The number of aryl methyl sites for hydroxylation is 1. The first kappa shape index (κ1) is 17.9. The number of halogens is 1. The zero-order valence-electron chi connectivity index (χ0n) is 14.7. The number of piperidine rings is 1. The van der Waals surface area contributed by atoms with Gasteiger partial charge in [0, 0.05) is 39.8 Å². The van der Waals surface area contributed by atoms with Gasteiger partial charge >= 0.3 is 5.69 Å². The summed E-state index contributed by atoms with van der Waals surface area (Å²) in [6.07, 6.45) is 3.94. The monoisotopic (exact) mass is 410 g/mol. The summed E-state index contributed by atoms with van der Waals surface area (Å²) >= 11 is 3.43. The largest absolute Gasteiger partial charge is 0.341 e. The molecule has 2 aromatic heterocycles. The van der Waals surface area contributed by atoms with Gasteiger partial charge in [-0.25, -0.2) is 4.79 Å². The Labute approximate surface area is 153 Å².